The summed E-state index contributed by atoms with van der Waals surface area (Å²) in [5.74, 6) is 0. The van der Waals surface area contributed by atoms with Crippen LogP contribution in [-0.2, 0) is 10.1 Å². The normalized spacial score (nSPS) is 13.0. The largest absolute Gasteiger partial charge is 1.00 e. The monoisotopic (exact) mass is 302 g/mol. The Hall–Kier alpha value is 0.870. The van der Waals surface area contributed by atoms with Crippen LogP contribution in [0.2, 0.25) is 0 Å². The molecular weight excluding hydrogens is 275 g/mol. The van der Waals surface area contributed by atoms with Gasteiger partial charge in [0, 0.05) is 11.9 Å². The molecule has 0 amide bonds. The second kappa shape index (κ2) is 13.8. The van der Waals surface area contributed by atoms with Crippen LogP contribution in [0.3, 0.4) is 0 Å². The second-order valence-electron chi connectivity index (χ2n) is 4.89. The molecule has 4 nitrogen and oxygen atoms in total. The van der Waals surface area contributed by atoms with Crippen molar-refractivity contribution >= 4 is 10.1 Å². The van der Waals surface area contributed by atoms with E-state index in [9.17, 15) is 13.0 Å². The molecule has 110 valence electrons. The van der Waals surface area contributed by atoms with Gasteiger partial charge in [0.1, 0.15) is 0 Å². The Labute approximate surface area is 140 Å². The van der Waals surface area contributed by atoms with Gasteiger partial charge in [-0.25, -0.2) is 8.42 Å². The van der Waals surface area contributed by atoms with Crippen molar-refractivity contribution in [3.8, 4) is 0 Å². The van der Waals surface area contributed by atoms with Crippen LogP contribution in [0.25, 0.3) is 0 Å². The standard InChI is InChI=1S/C13H28O4S.Na/c1-2-3-4-5-7-10-13(18(15,16)17)11-8-6-9-12-14;/h13-14H,2-12H2,1H3,(H,15,16,17);/q;+1/p-1. The molecule has 1 unspecified atom stereocenters. The van der Waals surface area contributed by atoms with Crippen molar-refractivity contribution in [1.29, 1.82) is 0 Å². The maximum absolute atomic E-state index is 11.1. The number of unbranched alkanes of at least 4 members (excludes halogenated alkanes) is 6. The molecule has 1 atom stereocenters. The third-order valence-corrected chi connectivity index (χ3v) is 4.51. The van der Waals surface area contributed by atoms with Crippen LogP contribution in [0.4, 0.5) is 0 Å². The van der Waals surface area contributed by atoms with Crippen LogP contribution in [0.5, 0.6) is 0 Å². The number of aliphatic hydroxyl groups is 1. The first-order valence-corrected chi connectivity index (χ1v) is 8.55. The van der Waals surface area contributed by atoms with Crippen LogP contribution in [0.1, 0.15) is 71.1 Å². The van der Waals surface area contributed by atoms with E-state index in [1.165, 1.54) is 6.42 Å². The van der Waals surface area contributed by atoms with Crippen molar-refractivity contribution in [1.82, 2.24) is 0 Å². The van der Waals surface area contributed by atoms with E-state index in [2.05, 4.69) is 6.92 Å². The average molecular weight is 302 g/mol. The third kappa shape index (κ3) is 13.6. The van der Waals surface area contributed by atoms with Crippen LogP contribution >= 0.6 is 0 Å². The molecular formula is C13H27NaO4S. The van der Waals surface area contributed by atoms with E-state index < -0.39 is 15.4 Å². The van der Waals surface area contributed by atoms with E-state index >= 15 is 0 Å². The maximum Gasteiger partial charge on any atom is 1.00 e. The number of rotatable bonds is 12. The first-order chi connectivity index (χ1) is 8.52. The Morgan fingerprint density at radius 1 is 0.947 bits per heavy atom. The number of hydrogen-bond donors (Lipinski definition) is 1. The number of hydrogen-bond acceptors (Lipinski definition) is 4. The predicted octanol–water partition coefficient (Wildman–Crippen LogP) is -0.183. The first kappa shape index (κ1) is 22.2. The van der Waals surface area contributed by atoms with E-state index in [1.54, 1.807) is 0 Å². The van der Waals surface area contributed by atoms with Crippen molar-refractivity contribution in [2.75, 3.05) is 6.61 Å². The smallest absolute Gasteiger partial charge is 0.748 e. The van der Waals surface area contributed by atoms with Crippen molar-refractivity contribution in [3.63, 3.8) is 0 Å². The summed E-state index contributed by atoms with van der Waals surface area (Å²) in [6.45, 7) is 2.26. The molecule has 6 heteroatoms. The molecule has 0 bridgehead atoms. The van der Waals surface area contributed by atoms with Gasteiger partial charge in [-0.3, -0.25) is 0 Å². The van der Waals surface area contributed by atoms with Crippen LogP contribution < -0.4 is 29.6 Å². The second-order valence-corrected chi connectivity index (χ2v) is 6.54. The fourth-order valence-electron chi connectivity index (χ4n) is 2.07. The quantitative estimate of drug-likeness (QED) is 0.308. The average Bonchev–Trinajstić information content (AvgIpc) is 2.30. The zero-order chi connectivity index (χ0) is 13.9. The van der Waals surface area contributed by atoms with Gasteiger partial charge in [-0.15, -0.1) is 0 Å². The first-order valence-electron chi connectivity index (χ1n) is 7.08. The van der Waals surface area contributed by atoms with E-state index in [1.807, 2.05) is 0 Å². The molecule has 0 rings (SSSR count). The van der Waals surface area contributed by atoms with Gasteiger partial charge in [0.05, 0.1) is 10.1 Å². The Balaban J connectivity index is 0. The van der Waals surface area contributed by atoms with Crippen LogP contribution in [0, 0.1) is 0 Å². The summed E-state index contributed by atoms with van der Waals surface area (Å²) in [7, 11) is -4.16. The third-order valence-electron chi connectivity index (χ3n) is 3.22. The van der Waals surface area contributed by atoms with Gasteiger partial charge in [0.25, 0.3) is 0 Å². The van der Waals surface area contributed by atoms with E-state index in [-0.39, 0.29) is 36.2 Å². The molecule has 0 radical (unpaired) electrons. The van der Waals surface area contributed by atoms with Gasteiger partial charge in [0.2, 0.25) is 0 Å². The Morgan fingerprint density at radius 2 is 1.42 bits per heavy atom. The molecule has 0 aromatic carbocycles. The number of aliphatic hydroxyl groups excluding tert-OH is 1. The molecule has 0 aliphatic carbocycles. The van der Waals surface area contributed by atoms with Gasteiger partial charge in [-0.2, -0.15) is 0 Å². The molecule has 0 saturated heterocycles. The summed E-state index contributed by atoms with van der Waals surface area (Å²) in [5, 5.41) is 7.91. The Kier molecular flexibility index (Phi) is 16.1. The predicted molar refractivity (Wildman–Crippen MR) is 72.4 cm³/mol. The van der Waals surface area contributed by atoms with Gasteiger partial charge in [0.15, 0.2) is 0 Å². The van der Waals surface area contributed by atoms with Gasteiger partial charge in [-0.1, -0.05) is 51.9 Å². The minimum atomic E-state index is -4.16. The fraction of sp³-hybridized carbons (Fsp3) is 1.00. The van der Waals surface area contributed by atoms with Gasteiger partial charge < -0.3 is 9.66 Å². The molecule has 0 spiro atoms. The minimum Gasteiger partial charge on any atom is -0.748 e. The van der Waals surface area contributed by atoms with Crippen LogP contribution in [0.15, 0.2) is 0 Å². The topological polar surface area (TPSA) is 77.4 Å². The van der Waals surface area contributed by atoms with Crippen molar-refractivity contribution in [2.45, 2.75) is 76.4 Å². The fourth-order valence-corrected chi connectivity index (χ4v) is 2.98. The summed E-state index contributed by atoms with van der Waals surface area (Å²) in [6, 6.07) is 0. The summed E-state index contributed by atoms with van der Waals surface area (Å²) >= 11 is 0. The molecule has 0 aliphatic rings. The molecule has 1 N–H and O–H groups in total. The van der Waals surface area contributed by atoms with Gasteiger partial charge >= 0.3 is 29.6 Å². The molecule has 19 heavy (non-hydrogen) atoms. The molecule has 0 aromatic heterocycles. The summed E-state index contributed by atoms with van der Waals surface area (Å²) < 4.78 is 33.3. The summed E-state index contributed by atoms with van der Waals surface area (Å²) in [6.07, 6.45) is 8.40. The zero-order valence-corrected chi connectivity index (χ0v) is 15.3. The Morgan fingerprint density at radius 3 is 1.84 bits per heavy atom. The molecule has 0 aliphatic heterocycles. The van der Waals surface area contributed by atoms with Crippen molar-refractivity contribution in [3.05, 3.63) is 0 Å². The van der Waals surface area contributed by atoms with Crippen molar-refractivity contribution < 1.29 is 47.6 Å². The molecule has 0 saturated carbocycles. The van der Waals surface area contributed by atoms with Crippen LogP contribution in [-0.4, -0.2) is 29.9 Å². The van der Waals surface area contributed by atoms with E-state index in [0.29, 0.717) is 25.7 Å². The van der Waals surface area contributed by atoms with Gasteiger partial charge in [-0.05, 0) is 19.3 Å². The van der Waals surface area contributed by atoms with Crippen molar-refractivity contribution in [2.24, 2.45) is 0 Å². The molecule has 0 fully saturated rings. The maximum atomic E-state index is 11.1. The summed E-state index contributed by atoms with van der Waals surface area (Å²) in [4.78, 5) is 0. The Bertz CT molecular complexity index is 280. The molecule has 0 heterocycles. The zero-order valence-electron chi connectivity index (χ0n) is 12.4. The minimum absolute atomic E-state index is 0. The SMILES string of the molecule is CCCCCCCC(CCCCCO)S(=O)(=O)[O-].[Na+]. The summed E-state index contributed by atoms with van der Waals surface area (Å²) in [5.41, 5.74) is 0. The van der Waals surface area contributed by atoms with E-state index in [0.717, 1.165) is 32.1 Å². The molecule has 0 aromatic rings. The van der Waals surface area contributed by atoms with E-state index in [4.69, 9.17) is 5.11 Å².